The van der Waals surface area contributed by atoms with E-state index < -0.39 is 10.2 Å². The van der Waals surface area contributed by atoms with Crippen LogP contribution in [0.5, 0.6) is 0 Å². The van der Waals surface area contributed by atoms with Crippen molar-refractivity contribution in [3.63, 3.8) is 0 Å². The minimum absolute atomic E-state index is 0.0153. The maximum atomic E-state index is 11.7. The molecule has 1 aromatic heterocycles. The van der Waals surface area contributed by atoms with Crippen LogP contribution in [0.25, 0.3) is 0 Å². The first kappa shape index (κ1) is 11.9. The van der Waals surface area contributed by atoms with Gasteiger partial charge in [0.05, 0.1) is 11.8 Å². The van der Waals surface area contributed by atoms with Crippen molar-refractivity contribution in [2.75, 3.05) is 4.72 Å². The summed E-state index contributed by atoms with van der Waals surface area (Å²) >= 11 is 0. The molecule has 0 atom stereocenters. The Kier molecular flexibility index (Phi) is 2.79. The number of nitrogens with zero attached hydrogens (tertiary/aromatic N) is 2. The Morgan fingerprint density at radius 2 is 2.29 bits per heavy atom. The highest BCUT2D eigenvalue weighted by Crippen LogP contribution is 2.21. The Morgan fingerprint density at radius 1 is 1.65 bits per heavy atom. The maximum Gasteiger partial charge on any atom is 0.300 e. The SMILES string of the molecule is Cn1ncc(C(=N)N)c1NS(=O)(=O)NC1CC1. The second-order valence-electron chi connectivity index (χ2n) is 3.94. The smallest absolute Gasteiger partial charge is 0.300 e. The molecule has 0 bridgehead atoms. The van der Waals surface area contributed by atoms with Crippen LogP contribution in [-0.4, -0.2) is 30.1 Å². The van der Waals surface area contributed by atoms with Crippen LogP contribution in [0.4, 0.5) is 5.82 Å². The molecule has 2 rings (SSSR count). The first-order valence-corrected chi connectivity index (χ1v) is 6.54. The molecule has 17 heavy (non-hydrogen) atoms. The maximum absolute atomic E-state index is 11.7. The van der Waals surface area contributed by atoms with Crippen molar-refractivity contribution in [3.8, 4) is 0 Å². The third-order valence-corrected chi connectivity index (χ3v) is 3.46. The minimum Gasteiger partial charge on any atom is -0.384 e. The van der Waals surface area contributed by atoms with Crippen molar-refractivity contribution in [3.05, 3.63) is 11.8 Å². The molecular formula is C8H14N6O2S. The van der Waals surface area contributed by atoms with Crippen molar-refractivity contribution in [2.45, 2.75) is 18.9 Å². The van der Waals surface area contributed by atoms with Crippen LogP contribution < -0.4 is 15.2 Å². The van der Waals surface area contributed by atoms with Gasteiger partial charge in [0, 0.05) is 13.1 Å². The van der Waals surface area contributed by atoms with Crippen LogP contribution in [0.2, 0.25) is 0 Å². The van der Waals surface area contributed by atoms with E-state index >= 15 is 0 Å². The number of nitrogen functional groups attached to an aromatic ring is 1. The van der Waals surface area contributed by atoms with E-state index in [0.29, 0.717) is 0 Å². The van der Waals surface area contributed by atoms with Gasteiger partial charge in [-0.1, -0.05) is 0 Å². The number of rotatable bonds is 5. The summed E-state index contributed by atoms with van der Waals surface area (Å²) in [7, 11) is -2.06. The lowest BCUT2D eigenvalue weighted by atomic mass is 10.3. The molecule has 8 nitrogen and oxygen atoms in total. The quantitative estimate of drug-likeness (QED) is 0.404. The summed E-state index contributed by atoms with van der Waals surface area (Å²) in [6.07, 6.45) is 3.05. The second kappa shape index (κ2) is 4.00. The average Bonchev–Trinajstić information content (AvgIpc) is 2.91. The van der Waals surface area contributed by atoms with Crippen molar-refractivity contribution in [1.82, 2.24) is 14.5 Å². The molecule has 0 aromatic carbocycles. The third kappa shape index (κ3) is 2.74. The molecule has 1 saturated carbocycles. The summed E-state index contributed by atoms with van der Waals surface area (Å²) in [4.78, 5) is 0. The summed E-state index contributed by atoms with van der Waals surface area (Å²) in [6, 6.07) is 0.0153. The van der Waals surface area contributed by atoms with E-state index in [2.05, 4.69) is 14.5 Å². The number of anilines is 1. The van der Waals surface area contributed by atoms with E-state index in [-0.39, 0.29) is 23.3 Å². The number of aryl methyl sites for hydroxylation is 1. The van der Waals surface area contributed by atoms with E-state index in [1.54, 1.807) is 7.05 Å². The van der Waals surface area contributed by atoms with Gasteiger partial charge in [0.15, 0.2) is 0 Å². The number of hydrogen-bond donors (Lipinski definition) is 4. The topological polar surface area (TPSA) is 126 Å². The van der Waals surface area contributed by atoms with E-state index in [4.69, 9.17) is 11.1 Å². The predicted octanol–water partition coefficient (Wildman–Crippen LogP) is -0.887. The highest BCUT2D eigenvalue weighted by molar-refractivity contribution is 7.90. The predicted molar refractivity (Wildman–Crippen MR) is 62.9 cm³/mol. The fraction of sp³-hybridized carbons (Fsp3) is 0.500. The zero-order valence-corrected chi connectivity index (χ0v) is 10.1. The molecule has 1 heterocycles. The molecule has 94 valence electrons. The van der Waals surface area contributed by atoms with Crippen LogP contribution in [0.15, 0.2) is 6.20 Å². The first-order chi connectivity index (χ1) is 7.89. The third-order valence-electron chi connectivity index (χ3n) is 2.36. The van der Waals surface area contributed by atoms with Crippen LogP contribution >= 0.6 is 0 Å². The molecule has 0 spiro atoms. The fourth-order valence-corrected chi connectivity index (χ4v) is 2.56. The van der Waals surface area contributed by atoms with Gasteiger partial charge in [-0.15, -0.1) is 0 Å². The van der Waals surface area contributed by atoms with Gasteiger partial charge in [0.1, 0.15) is 11.7 Å². The van der Waals surface area contributed by atoms with Gasteiger partial charge in [0.25, 0.3) is 0 Å². The Balaban J connectivity index is 2.22. The molecular weight excluding hydrogens is 244 g/mol. The number of nitrogens with one attached hydrogen (secondary N) is 3. The molecule has 0 amide bonds. The Labute approximate surface area is 98.9 Å². The van der Waals surface area contributed by atoms with E-state index in [1.165, 1.54) is 10.9 Å². The van der Waals surface area contributed by atoms with Crippen LogP contribution in [0, 0.1) is 5.41 Å². The number of hydrogen-bond acceptors (Lipinski definition) is 4. The van der Waals surface area contributed by atoms with E-state index in [1.807, 2.05) is 0 Å². The highest BCUT2D eigenvalue weighted by Gasteiger charge is 2.28. The number of nitrogens with two attached hydrogens (primary N) is 1. The standard InChI is InChI=1S/C8H14N6O2S/c1-14-8(6(4-11-14)7(9)10)13-17(15,16)12-5-2-3-5/h4-5,12-13H,2-3H2,1H3,(H3,9,10). The number of amidine groups is 1. The molecule has 1 fully saturated rings. The van der Waals surface area contributed by atoms with Gasteiger partial charge in [-0.3, -0.25) is 14.8 Å². The lowest BCUT2D eigenvalue weighted by Crippen LogP contribution is -2.33. The molecule has 0 unspecified atom stereocenters. The molecule has 0 radical (unpaired) electrons. The van der Waals surface area contributed by atoms with Gasteiger partial charge in [-0.2, -0.15) is 18.2 Å². The lowest BCUT2D eigenvalue weighted by Gasteiger charge is -2.10. The molecule has 1 aliphatic carbocycles. The van der Waals surface area contributed by atoms with Gasteiger partial charge in [-0.05, 0) is 12.8 Å². The van der Waals surface area contributed by atoms with Crippen LogP contribution in [-0.2, 0) is 17.3 Å². The highest BCUT2D eigenvalue weighted by atomic mass is 32.2. The normalized spacial score (nSPS) is 15.8. The molecule has 1 aromatic rings. The molecule has 0 aliphatic heterocycles. The van der Waals surface area contributed by atoms with E-state index in [9.17, 15) is 8.42 Å². The van der Waals surface area contributed by atoms with Crippen LogP contribution in [0.1, 0.15) is 18.4 Å². The summed E-state index contributed by atoms with van der Waals surface area (Å²) in [6.45, 7) is 0. The van der Waals surface area contributed by atoms with Gasteiger partial charge in [0.2, 0.25) is 0 Å². The van der Waals surface area contributed by atoms with Gasteiger partial charge in [-0.25, -0.2) is 0 Å². The monoisotopic (exact) mass is 258 g/mol. The lowest BCUT2D eigenvalue weighted by molar-refractivity contribution is 0.585. The first-order valence-electron chi connectivity index (χ1n) is 5.05. The summed E-state index contributed by atoms with van der Waals surface area (Å²) in [5.41, 5.74) is 5.59. The van der Waals surface area contributed by atoms with E-state index in [0.717, 1.165) is 12.8 Å². The zero-order chi connectivity index (χ0) is 12.6. The molecule has 0 saturated heterocycles. The fourth-order valence-electron chi connectivity index (χ4n) is 1.33. The summed E-state index contributed by atoms with van der Waals surface area (Å²) in [5, 5.41) is 11.2. The Hall–Kier alpha value is -1.61. The zero-order valence-electron chi connectivity index (χ0n) is 9.27. The van der Waals surface area contributed by atoms with Gasteiger partial charge >= 0.3 is 10.2 Å². The van der Waals surface area contributed by atoms with Crippen molar-refractivity contribution < 1.29 is 8.42 Å². The average molecular weight is 258 g/mol. The summed E-state index contributed by atoms with van der Waals surface area (Å²) < 4.78 is 29.5. The largest absolute Gasteiger partial charge is 0.384 e. The minimum atomic E-state index is -3.63. The molecule has 9 heteroatoms. The van der Waals surface area contributed by atoms with Crippen molar-refractivity contribution >= 4 is 21.9 Å². The second-order valence-corrected chi connectivity index (χ2v) is 5.39. The molecule has 1 aliphatic rings. The Morgan fingerprint density at radius 3 is 2.82 bits per heavy atom. The molecule has 5 N–H and O–H groups in total. The number of aromatic nitrogens is 2. The van der Waals surface area contributed by atoms with Crippen molar-refractivity contribution in [2.24, 2.45) is 12.8 Å². The van der Waals surface area contributed by atoms with Crippen molar-refractivity contribution in [1.29, 1.82) is 5.41 Å². The Bertz CT molecular complexity index is 544. The van der Waals surface area contributed by atoms with Gasteiger partial charge < -0.3 is 5.73 Å². The summed E-state index contributed by atoms with van der Waals surface area (Å²) in [5.74, 6) is -0.0483. The van der Waals surface area contributed by atoms with Crippen LogP contribution in [0.3, 0.4) is 0 Å².